The van der Waals surface area contributed by atoms with Crippen molar-refractivity contribution in [2.75, 3.05) is 20.3 Å². The van der Waals surface area contributed by atoms with Gasteiger partial charge in [-0.1, -0.05) is 6.92 Å². The molecule has 0 spiro atoms. The Balaban J connectivity index is 1.29. The Bertz CT molecular complexity index is 1150. The first-order valence-corrected chi connectivity index (χ1v) is 16.3. The molecular formula is C31H46N2O4S. The topological polar surface area (TPSA) is 90.6 Å². The highest BCUT2D eigenvalue weighted by atomic mass is 32.2. The first-order valence-electron chi connectivity index (χ1n) is 14.8. The lowest BCUT2D eigenvalue weighted by molar-refractivity contribution is -0.129. The second-order valence-electron chi connectivity index (χ2n) is 13.2. The van der Waals surface area contributed by atoms with Crippen molar-refractivity contribution < 1.29 is 18.3 Å². The third-order valence-electron chi connectivity index (χ3n) is 11.6. The van der Waals surface area contributed by atoms with Crippen LogP contribution in [0.4, 0.5) is 0 Å². The third-order valence-corrected chi connectivity index (χ3v) is 13.5. The quantitative estimate of drug-likeness (QED) is 0.484. The molecule has 5 rings (SSSR count). The van der Waals surface area contributed by atoms with Crippen LogP contribution < -0.4 is 0 Å². The number of nitriles is 1. The number of aliphatic hydroxyl groups is 1. The lowest BCUT2D eigenvalue weighted by Gasteiger charge is -2.57. The summed E-state index contributed by atoms with van der Waals surface area (Å²) >= 11 is 0. The summed E-state index contributed by atoms with van der Waals surface area (Å²) < 4.78 is 34.3. The van der Waals surface area contributed by atoms with Gasteiger partial charge in [0.1, 0.15) is 0 Å². The maximum atomic E-state index is 13.5. The van der Waals surface area contributed by atoms with E-state index in [9.17, 15) is 13.5 Å². The van der Waals surface area contributed by atoms with Gasteiger partial charge in [0.25, 0.3) is 0 Å². The van der Waals surface area contributed by atoms with E-state index < -0.39 is 15.6 Å². The van der Waals surface area contributed by atoms with Gasteiger partial charge < -0.3 is 9.84 Å². The molecule has 0 saturated heterocycles. The fourth-order valence-corrected chi connectivity index (χ4v) is 11.0. The summed E-state index contributed by atoms with van der Waals surface area (Å²) in [6, 6.07) is 8.26. The Morgan fingerprint density at radius 2 is 1.79 bits per heavy atom. The molecule has 4 fully saturated rings. The average Bonchev–Trinajstić information content (AvgIpc) is 3.28. The molecule has 6 nitrogen and oxygen atoms in total. The first kappa shape index (κ1) is 28.1. The number of hydrogen-bond acceptors (Lipinski definition) is 5. The number of benzene rings is 1. The van der Waals surface area contributed by atoms with Crippen molar-refractivity contribution in [1.82, 2.24) is 4.31 Å². The summed E-state index contributed by atoms with van der Waals surface area (Å²) in [5.74, 6) is 3.80. The fourth-order valence-electron chi connectivity index (χ4n) is 9.56. The zero-order valence-corrected chi connectivity index (χ0v) is 24.4. The maximum Gasteiger partial charge on any atom is 0.243 e. The third kappa shape index (κ3) is 4.74. The van der Waals surface area contributed by atoms with Crippen LogP contribution in [0.2, 0.25) is 0 Å². The Labute approximate surface area is 229 Å². The van der Waals surface area contributed by atoms with Crippen LogP contribution in [0.1, 0.15) is 84.1 Å². The largest absolute Gasteiger partial charge is 0.387 e. The van der Waals surface area contributed by atoms with Gasteiger partial charge in [-0.15, -0.1) is 0 Å². The lowest BCUT2D eigenvalue weighted by Crippen LogP contribution is -2.53. The van der Waals surface area contributed by atoms with E-state index in [2.05, 4.69) is 19.9 Å². The lowest BCUT2D eigenvalue weighted by atomic mass is 9.48. The van der Waals surface area contributed by atoms with E-state index in [-0.39, 0.29) is 16.4 Å². The summed E-state index contributed by atoms with van der Waals surface area (Å²) in [6.45, 7) is 7.68. The van der Waals surface area contributed by atoms with Gasteiger partial charge in [-0.3, -0.25) is 0 Å². The van der Waals surface area contributed by atoms with Gasteiger partial charge in [0.15, 0.2) is 0 Å². The maximum absolute atomic E-state index is 13.5. The molecule has 0 bridgehead atoms. The molecule has 1 aromatic rings. The molecule has 4 aliphatic carbocycles. The summed E-state index contributed by atoms with van der Waals surface area (Å²) in [5, 5.41) is 20.2. The number of fused-ring (bicyclic) bond motifs is 5. The molecule has 4 aliphatic rings. The molecule has 210 valence electrons. The summed E-state index contributed by atoms with van der Waals surface area (Å²) in [7, 11) is -1.90. The van der Waals surface area contributed by atoms with Gasteiger partial charge in [-0.25, -0.2) is 8.42 Å². The first-order chi connectivity index (χ1) is 18.0. The molecule has 4 saturated carbocycles. The monoisotopic (exact) mass is 542 g/mol. The van der Waals surface area contributed by atoms with Gasteiger partial charge in [0.2, 0.25) is 10.0 Å². The molecular weight excluding hydrogens is 496 g/mol. The van der Waals surface area contributed by atoms with Crippen LogP contribution in [-0.4, -0.2) is 49.7 Å². The van der Waals surface area contributed by atoms with Gasteiger partial charge in [-0.05, 0) is 137 Å². The molecule has 1 N–H and O–H groups in total. The van der Waals surface area contributed by atoms with Crippen LogP contribution in [0, 0.1) is 52.3 Å². The Morgan fingerprint density at radius 1 is 1.08 bits per heavy atom. The van der Waals surface area contributed by atoms with Crippen LogP contribution in [0.3, 0.4) is 0 Å². The molecule has 0 amide bonds. The molecule has 0 aliphatic heterocycles. The summed E-state index contributed by atoms with van der Waals surface area (Å²) in [4.78, 5) is 0.258. The molecule has 7 heteroatoms. The van der Waals surface area contributed by atoms with Crippen molar-refractivity contribution in [2.24, 2.45) is 40.9 Å². The molecule has 0 radical (unpaired) electrons. The molecule has 9 atom stereocenters. The van der Waals surface area contributed by atoms with Crippen molar-refractivity contribution in [3.8, 4) is 6.07 Å². The van der Waals surface area contributed by atoms with E-state index in [1.165, 1.54) is 32.1 Å². The smallest absolute Gasteiger partial charge is 0.243 e. The Hall–Kier alpha value is -1.46. The summed E-state index contributed by atoms with van der Waals surface area (Å²) in [5.41, 5.74) is -0.0209. The minimum atomic E-state index is -3.63. The molecule has 0 unspecified atom stereocenters. The number of rotatable bonds is 7. The van der Waals surface area contributed by atoms with Gasteiger partial charge in [0, 0.05) is 19.7 Å². The van der Waals surface area contributed by atoms with E-state index >= 15 is 0 Å². The van der Waals surface area contributed by atoms with Crippen molar-refractivity contribution in [3.63, 3.8) is 0 Å². The van der Waals surface area contributed by atoms with E-state index in [0.717, 1.165) is 43.4 Å². The van der Waals surface area contributed by atoms with Crippen molar-refractivity contribution in [2.45, 2.75) is 95.1 Å². The SMILES string of the molecule is CCOC[C@@]1(O)CC[C@H]2[C@H](CC[C@@H]3[C@@H]2CC[C@]2(C)[C@@H]([C@@H](C)N(C)S(=O)(=O)c4ccc(C#N)cc4)CC[C@@H]32)C1. The van der Waals surface area contributed by atoms with Crippen molar-refractivity contribution in [3.05, 3.63) is 29.8 Å². The van der Waals surface area contributed by atoms with E-state index in [1.54, 1.807) is 35.6 Å². The van der Waals surface area contributed by atoms with Crippen LogP contribution in [0.25, 0.3) is 0 Å². The number of sulfonamides is 1. The minimum Gasteiger partial charge on any atom is -0.387 e. The Morgan fingerprint density at radius 3 is 2.47 bits per heavy atom. The van der Waals surface area contributed by atoms with Gasteiger partial charge >= 0.3 is 0 Å². The van der Waals surface area contributed by atoms with Crippen LogP contribution in [0.15, 0.2) is 29.2 Å². The molecule has 1 aromatic carbocycles. The van der Waals surface area contributed by atoms with Gasteiger partial charge in [-0.2, -0.15) is 9.57 Å². The van der Waals surface area contributed by atoms with Crippen LogP contribution in [-0.2, 0) is 14.8 Å². The Kier molecular flexibility index (Phi) is 7.76. The van der Waals surface area contributed by atoms with E-state index in [1.807, 2.05) is 6.92 Å². The second kappa shape index (κ2) is 10.5. The molecule has 38 heavy (non-hydrogen) atoms. The number of hydrogen-bond donors (Lipinski definition) is 1. The minimum absolute atomic E-state index is 0.0817. The zero-order valence-electron chi connectivity index (χ0n) is 23.6. The van der Waals surface area contributed by atoms with Crippen molar-refractivity contribution >= 4 is 10.0 Å². The van der Waals surface area contributed by atoms with Crippen molar-refractivity contribution in [1.29, 1.82) is 5.26 Å². The van der Waals surface area contributed by atoms with Crippen LogP contribution >= 0.6 is 0 Å². The highest BCUT2D eigenvalue weighted by Crippen LogP contribution is 2.65. The average molecular weight is 543 g/mol. The molecule has 0 heterocycles. The predicted octanol–water partition coefficient (Wildman–Crippen LogP) is 5.60. The fraction of sp³-hybridized carbons (Fsp3) is 0.774. The normalized spacial score (nSPS) is 39.6. The summed E-state index contributed by atoms with van der Waals surface area (Å²) in [6.07, 6.45) is 10.0. The highest BCUT2D eigenvalue weighted by molar-refractivity contribution is 7.89. The van der Waals surface area contributed by atoms with Crippen LogP contribution in [0.5, 0.6) is 0 Å². The number of nitrogens with zero attached hydrogens (tertiary/aromatic N) is 2. The number of ether oxygens (including phenoxy) is 1. The molecule has 0 aromatic heterocycles. The van der Waals surface area contributed by atoms with E-state index in [4.69, 9.17) is 10.00 Å². The zero-order chi connectivity index (χ0) is 27.3. The second-order valence-corrected chi connectivity index (χ2v) is 15.2. The standard InChI is InChI=1S/C31H46N2O4S/c1-5-37-20-31(34)17-15-25-23(18-31)8-11-27-26(25)14-16-30(3)28(12-13-29(27)30)21(2)33(4)38(35,36)24-9-6-22(19-32)7-10-24/h6-7,9-10,21,23,25-29,34H,5,8,11-18,20H2,1-4H3/t21-,23-,25+,26-,27-,28-,29+,30-,31-/m1/s1. The predicted molar refractivity (Wildman–Crippen MR) is 148 cm³/mol. The van der Waals surface area contributed by atoms with Gasteiger partial charge in [0.05, 0.1) is 28.7 Å². The highest BCUT2D eigenvalue weighted by Gasteiger charge is 2.59. The van der Waals surface area contributed by atoms with E-state index in [0.29, 0.717) is 36.5 Å².